The largest absolute Gasteiger partial charge is 0.386 e. The number of Topliss-reactive ketones (excluding diaryl/α,β-unsaturated/α-hetero) is 1. The number of ether oxygens (including phenoxy) is 2. The SMILES string of the molecule is CC1=C[C@@]23C(=O)[C@H](C=C4COC(C)(C)O[C@@H]4[C@]2(O)[C@@H]1O)[C@@H]1[C@H](C[C@@H]3C)C1(C)C. The molecule has 1 saturated heterocycles. The summed E-state index contributed by atoms with van der Waals surface area (Å²) in [5, 5.41) is 23.4. The fraction of sp³-hybridized carbons (Fsp3) is 0.783. The third kappa shape index (κ3) is 1.95. The lowest BCUT2D eigenvalue weighted by molar-refractivity contribution is -0.303. The highest BCUT2D eigenvalue weighted by Gasteiger charge is 2.76. The first kappa shape index (κ1) is 19.0. The zero-order chi connectivity index (χ0) is 20.4. The molecule has 5 nitrogen and oxygen atoms in total. The summed E-state index contributed by atoms with van der Waals surface area (Å²) in [7, 11) is 0. The maximum Gasteiger partial charge on any atom is 0.164 e. The number of hydrogen-bond donors (Lipinski definition) is 2. The minimum absolute atomic E-state index is 0.0415. The fourth-order valence-corrected chi connectivity index (χ4v) is 7.14. The molecule has 0 radical (unpaired) electrons. The molecule has 1 aliphatic heterocycles. The van der Waals surface area contributed by atoms with Crippen LogP contribution in [0.4, 0.5) is 0 Å². The lowest BCUT2D eigenvalue weighted by Gasteiger charge is -2.52. The van der Waals surface area contributed by atoms with Gasteiger partial charge in [-0.2, -0.15) is 0 Å². The van der Waals surface area contributed by atoms with E-state index in [2.05, 4.69) is 20.8 Å². The van der Waals surface area contributed by atoms with Gasteiger partial charge >= 0.3 is 0 Å². The second-order valence-corrected chi connectivity index (χ2v) is 10.9. The van der Waals surface area contributed by atoms with Gasteiger partial charge in [-0.05, 0) is 61.5 Å². The van der Waals surface area contributed by atoms with Gasteiger partial charge in [0, 0.05) is 5.92 Å². The van der Waals surface area contributed by atoms with Crippen LogP contribution in [0.1, 0.15) is 48.0 Å². The molecule has 5 heteroatoms. The Balaban J connectivity index is 1.77. The predicted octanol–water partition coefficient (Wildman–Crippen LogP) is 2.61. The van der Waals surface area contributed by atoms with Crippen molar-refractivity contribution in [3.63, 3.8) is 0 Å². The highest BCUT2D eigenvalue weighted by Crippen LogP contribution is 2.72. The Labute approximate surface area is 166 Å². The van der Waals surface area contributed by atoms with Crippen molar-refractivity contribution in [2.24, 2.45) is 34.5 Å². The van der Waals surface area contributed by atoms with Gasteiger partial charge in [0.1, 0.15) is 17.8 Å². The molecule has 2 bridgehead atoms. The smallest absolute Gasteiger partial charge is 0.164 e. The van der Waals surface area contributed by atoms with E-state index in [-0.39, 0.29) is 29.0 Å². The highest BCUT2D eigenvalue weighted by atomic mass is 16.7. The van der Waals surface area contributed by atoms with E-state index in [9.17, 15) is 15.0 Å². The summed E-state index contributed by atoms with van der Waals surface area (Å²) in [4.78, 5) is 14.1. The van der Waals surface area contributed by atoms with E-state index in [4.69, 9.17) is 9.47 Å². The molecule has 154 valence electrons. The molecule has 2 saturated carbocycles. The van der Waals surface area contributed by atoms with Crippen molar-refractivity contribution in [2.45, 2.75) is 71.6 Å². The van der Waals surface area contributed by atoms with Gasteiger partial charge in [-0.3, -0.25) is 4.79 Å². The molecule has 2 N–H and O–H groups in total. The summed E-state index contributed by atoms with van der Waals surface area (Å²) >= 11 is 0. The lowest BCUT2D eigenvalue weighted by atomic mass is 9.59. The Morgan fingerprint density at radius 2 is 1.89 bits per heavy atom. The van der Waals surface area contributed by atoms with Gasteiger partial charge in [0.2, 0.25) is 0 Å². The Hall–Kier alpha value is -1.01. The number of aliphatic hydroxyl groups is 2. The average molecular weight is 389 g/mol. The highest BCUT2D eigenvalue weighted by molar-refractivity contribution is 5.95. The molecular formula is C23H32O5. The first-order valence-electron chi connectivity index (χ1n) is 10.5. The quantitative estimate of drug-likeness (QED) is 0.624. The third-order valence-electron chi connectivity index (χ3n) is 8.71. The molecule has 5 rings (SSSR count). The van der Waals surface area contributed by atoms with E-state index in [1.165, 1.54) is 0 Å². The second kappa shape index (κ2) is 5.18. The first-order valence-corrected chi connectivity index (χ1v) is 10.5. The monoisotopic (exact) mass is 388 g/mol. The van der Waals surface area contributed by atoms with Crippen molar-refractivity contribution in [1.82, 2.24) is 0 Å². The topological polar surface area (TPSA) is 76.0 Å². The van der Waals surface area contributed by atoms with Crippen LogP contribution in [0.3, 0.4) is 0 Å². The maximum absolute atomic E-state index is 14.1. The van der Waals surface area contributed by atoms with Crippen LogP contribution in [0.25, 0.3) is 0 Å². The standard InChI is InChI=1S/C23H32O5/c1-11-9-22-12(2)7-15-16(20(15,3)4)14(18(22)25)8-13-10-27-21(5,6)28-19(13)23(22,26)17(11)24/h8-9,12,14-17,19,24,26H,7,10H2,1-6H3/t12-,14+,15-,16+,17+,19-,22+,23+/m0/s1. The summed E-state index contributed by atoms with van der Waals surface area (Å²) in [6.07, 6.45) is 2.85. The third-order valence-corrected chi connectivity index (χ3v) is 8.71. The van der Waals surface area contributed by atoms with Gasteiger partial charge in [-0.1, -0.05) is 32.9 Å². The van der Waals surface area contributed by atoms with Crippen LogP contribution >= 0.6 is 0 Å². The van der Waals surface area contributed by atoms with Gasteiger partial charge < -0.3 is 19.7 Å². The van der Waals surface area contributed by atoms with Gasteiger partial charge in [0.05, 0.1) is 12.0 Å². The Kier molecular flexibility index (Phi) is 3.51. The number of rotatable bonds is 0. The van der Waals surface area contributed by atoms with Gasteiger partial charge in [0.15, 0.2) is 11.6 Å². The second-order valence-electron chi connectivity index (χ2n) is 10.9. The normalized spacial score (nSPS) is 53.1. The zero-order valence-corrected chi connectivity index (χ0v) is 17.7. The first-order chi connectivity index (χ1) is 12.9. The van der Waals surface area contributed by atoms with E-state index < -0.39 is 29.0 Å². The van der Waals surface area contributed by atoms with E-state index >= 15 is 0 Å². The Morgan fingerprint density at radius 1 is 1.21 bits per heavy atom. The van der Waals surface area contributed by atoms with Crippen LogP contribution < -0.4 is 0 Å². The fourth-order valence-electron chi connectivity index (χ4n) is 7.14. The molecule has 8 atom stereocenters. The Morgan fingerprint density at radius 3 is 2.57 bits per heavy atom. The molecule has 28 heavy (non-hydrogen) atoms. The number of hydrogen-bond acceptors (Lipinski definition) is 5. The van der Waals surface area contributed by atoms with Gasteiger partial charge in [-0.15, -0.1) is 0 Å². The number of carbonyl (C=O) groups excluding carboxylic acids is 1. The molecule has 1 spiro atoms. The minimum Gasteiger partial charge on any atom is -0.386 e. The molecule has 1 heterocycles. The molecule has 0 aromatic carbocycles. The van der Waals surface area contributed by atoms with Crippen molar-refractivity contribution in [1.29, 1.82) is 0 Å². The van der Waals surface area contributed by atoms with E-state index in [0.29, 0.717) is 18.1 Å². The summed E-state index contributed by atoms with van der Waals surface area (Å²) in [6.45, 7) is 12.3. The van der Waals surface area contributed by atoms with E-state index in [0.717, 1.165) is 12.0 Å². The van der Waals surface area contributed by atoms with Crippen LogP contribution in [0, 0.1) is 34.5 Å². The minimum atomic E-state index is -1.71. The van der Waals surface area contributed by atoms with Crippen LogP contribution in [0.2, 0.25) is 0 Å². The molecule has 0 unspecified atom stereocenters. The number of allylic oxidation sites excluding steroid dienone is 1. The Bertz CT molecular complexity index is 823. The number of fused-ring (bicyclic) bond motifs is 5. The van der Waals surface area contributed by atoms with Crippen LogP contribution in [0.15, 0.2) is 23.3 Å². The predicted molar refractivity (Wildman–Crippen MR) is 103 cm³/mol. The summed E-state index contributed by atoms with van der Waals surface area (Å²) in [5.74, 6) is -0.504. The van der Waals surface area contributed by atoms with Crippen LogP contribution in [-0.2, 0) is 14.3 Å². The molecule has 0 aromatic rings. The number of aliphatic hydroxyl groups excluding tert-OH is 1. The number of carbonyl (C=O) groups is 1. The lowest BCUT2D eigenvalue weighted by Crippen LogP contribution is -2.67. The summed E-state index contributed by atoms with van der Waals surface area (Å²) in [5.41, 5.74) is -1.29. The zero-order valence-electron chi connectivity index (χ0n) is 17.7. The summed E-state index contributed by atoms with van der Waals surface area (Å²) in [6, 6.07) is 0. The van der Waals surface area contributed by atoms with Crippen molar-refractivity contribution >= 4 is 5.78 Å². The van der Waals surface area contributed by atoms with Crippen molar-refractivity contribution in [2.75, 3.05) is 6.61 Å². The van der Waals surface area contributed by atoms with Crippen LogP contribution in [-0.4, -0.2) is 46.2 Å². The van der Waals surface area contributed by atoms with Crippen LogP contribution in [0.5, 0.6) is 0 Å². The molecule has 0 amide bonds. The van der Waals surface area contributed by atoms with Crippen molar-refractivity contribution in [3.8, 4) is 0 Å². The maximum atomic E-state index is 14.1. The molecule has 3 fully saturated rings. The van der Waals surface area contributed by atoms with Crippen molar-refractivity contribution in [3.05, 3.63) is 23.3 Å². The number of ketones is 1. The summed E-state index contributed by atoms with van der Waals surface area (Å²) < 4.78 is 12.1. The molecular weight excluding hydrogens is 356 g/mol. The van der Waals surface area contributed by atoms with Gasteiger partial charge in [0.25, 0.3) is 0 Å². The van der Waals surface area contributed by atoms with E-state index in [1.807, 2.05) is 32.9 Å². The average Bonchev–Trinajstić information content (AvgIpc) is 3.10. The van der Waals surface area contributed by atoms with Gasteiger partial charge in [-0.25, -0.2) is 0 Å². The molecule has 0 aromatic heterocycles. The van der Waals surface area contributed by atoms with E-state index in [1.54, 1.807) is 0 Å². The molecule has 5 aliphatic rings. The van der Waals surface area contributed by atoms with Crippen molar-refractivity contribution < 1.29 is 24.5 Å². The molecule has 4 aliphatic carbocycles.